The molecule has 82 valence electrons. The zero-order valence-corrected chi connectivity index (χ0v) is 11.1. The van der Waals surface area contributed by atoms with Gasteiger partial charge >= 0.3 is 0 Å². The van der Waals surface area contributed by atoms with E-state index < -0.39 is 10.0 Å². The molecule has 2 rings (SSSR count). The molecule has 2 heterocycles. The molecule has 0 saturated carbocycles. The maximum atomic E-state index is 12.1. The van der Waals surface area contributed by atoms with E-state index in [9.17, 15) is 8.42 Å². The lowest BCUT2D eigenvalue weighted by Gasteiger charge is -2.21. The summed E-state index contributed by atoms with van der Waals surface area (Å²) < 4.78 is 26.8. The van der Waals surface area contributed by atoms with Crippen LogP contribution in [0.25, 0.3) is 0 Å². The molecule has 0 atom stereocenters. The van der Waals surface area contributed by atoms with Crippen LogP contribution in [-0.4, -0.2) is 25.8 Å². The molecule has 0 fully saturated rings. The van der Waals surface area contributed by atoms with Crippen molar-refractivity contribution in [3.05, 3.63) is 28.1 Å². The van der Waals surface area contributed by atoms with Gasteiger partial charge in [-0.15, -0.1) is 11.3 Å². The van der Waals surface area contributed by atoms with E-state index in [2.05, 4.69) is 15.9 Å². The molecule has 0 N–H and O–H groups in total. The largest absolute Gasteiger partial charge is 0.253 e. The molecule has 0 aromatic carbocycles. The van der Waals surface area contributed by atoms with Crippen molar-refractivity contribution < 1.29 is 8.42 Å². The Morgan fingerprint density at radius 1 is 1.40 bits per heavy atom. The standard InChI is InChI=1S/C9H10BrNO2S2/c10-8-4-7-14-9(8)15(12,13)11-5-2-1-3-6-11/h1-2,4,7H,3,5-6H2. The van der Waals surface area contributed by atoms with E-state index in [-0.39, 0.29) is 0 Å². The summed E-state index contributed by atoms with van der Waals surface area (Å²) in [5, 5.41) is 1.77. The highest BCUT2D eigenvalue weighted by atomic mass is 79.9. The van der Waals surface area contributed by atoms with E-state index in [1.165, 1.54) is 15.6 Å². The van der Waals surface area contributed by atoms with Crippen LogP contribution in [-0.2, 0) is 10.0 Å². The first-order valence-corrected chi connectivity index (χ1v) is 7.62. The first kappa shape index (κ1) is 11.3. The molecule has 3 nitrogen and oxygen atoms in total. The van der Waals surface area contributed by atoms with Crippen LogP contribution in [0.3, 0.4) is 0 Å². The molecule has 1 aliphatic rings. The average Bonchev–Trinajstić information content (AvgIpc) is 2.66. The lowest BCUT2D eigenvalue weighted by molar-refractivity contribution is 0.439. The third-order valence-electron chi connectivity index (χ3n) is 2.18. The van der Waals surface area contributed by atoms with Crippen molar-refractivity contribution in [1.82, 2.24) is 4.31 Å². The lowest BCUT2D eigenvalue weighted by atomic mass is 10.3. The molecule has 0 amide bonds. The summed E-state index contributed by atoms with van der Waals surface area (Å²) in [5.41, 5.74) is 0. The third kappa shape index (κ3) is 2.18. The number of nitrogens with zero attached hydrogens (tertiary/aromatic N) is 1. The Morgan fingerprint density at radius 3 is 2.73 bits per heavy atom. The number of rotatable bonds is 2. The minimum Gasteiger partial charge on any atom is -0.206 e. The topological polar surface area (TPSA) is 37.4 Å². The summed E-state index contributed by atoms with van der Waals surface area (Å²) in [6, 6.07) is 1.76. The van der Waals surface area contributed by atoms with Gasteiger partial charge in [-0.05, 0) is 33.8 Å². The highest BCUT2D eigenvalue weighted by Crippen LogP contribution is 2.30. The summed E-state index contributed by atoms with van der Waals surface area (Å²) >= 11 is 4.50. The van der Waals surface area contributed by atoms with Crippen LogP contribution in [0, 0.1) is 0 Å². The van der Waals surface area contributed by atoms with Crippen molar-refractivity contribution in [3.63, 3.8) is 0 Å². The maximum Gasteiger partial charge on any atom is 0.253 e. The second-order valence-corrected chi connectivity index (χ2v) is 7.08. The molecule has 0 aliphatic carbocycles. The van der Waals surface area contributed by atoms with Gasteiger partial charge in [-0.3, -0.25) is 0 Å². The van der Waals surface area contributed by atoms with Crippen LogP contribution >= 0.6 is 27.3 Å². The number of hydrogen-bond donors (Lipinski definition) is 0. The van der Waals surface area contributed by atoms with Gasteiger partial charge in [0.05, 0.1) is 0 Å². The quantitative estimate of drug-likeness (QED) is 0.787. The number of halogens is 1. The van der Waals surface area contributed by atoms with E-state index in [4.69, 9.17) is 0 Å². The molecule has 1 aliphatic heterocycles. The fourth-order valence-electron chi connectivity index (χ4n) is 1.42. The van der Waals surface area contributed by atoms with Crippen molar-refractivity contribution >= 4 is 37.3 Å². The summed E-state index contributed by atoms with van der Waals surface area (Å²) in [6.45, 7) is 1.05. The van der Waals surface area contributed by atoms with Gasteiger partial charge in [0.2, 0.25) is 0 Å². The van der Waals surface area contributed by atoms with Gasteiger partial charge in [-0.2, -0.15) is 4.31 Å². The minimum atomic E-state index is -3.30. The van der Waals surface area contributed by atoms with E-state index in [0.29, 0.717) is 21.8 Å². The van der Waals surface area contributed by atoms with Gasteiger partial charge in [0.25, 0.3) is 10.0 Å². The van der Waals surface area contributed by atoms with Crippen molar-refractivity contribution in [2.24, 2.45) is 0 Å². The Balaban J connectivity index is 2.35. The van der Waals surface area contributed by atoms with E-state index >= 15 is 0 Å². The van der Waals surface area contributed by atoms with Crippen molar-refractivity contribution in [2.45, 2.75) is 10.6 Å². The van der Waals surface area contributed by atoms with Crippen molar-refractivity contribution in [1.29, 1.82) is 0 Å². The molecule has 0 bridgehead atoms. The number of hydrogen-bond acceptors (Lipinski definition) is 3. The summed E-state index contributed by atoms with van der Waals surface area (Å²) in [7, 11) is -3.30. The van der Waals surface area contributed by atoms with Gasteiger partial charge in [-0.25, -0.2) is 8.42 Å². The summed E-state index contributed by atoms with van der Waals surface area (Å²) in [6.07, 6.45) is 4.69. The zero-order valence-electron chi connectivity index (χ0n) is 7.89. The first-order valence-electron chi connectivity index (χ1n) is 4.50. The number of sulfonamides is 1. The van der Waals surface area contributed by atoms with Crippen LogP contribution in [0.4, 0.5) is 0 Å². The van der Waals surface area contributed by atoms with Crippen LogP contribution < -0.4 is 0 Å². The molecule has 1 aromatic heterocycles. The second kappa shape index (κ2) is 4.37. The second-order valence-electron chi connectivity index (χ2n) is 3.18. The highest BCUT2D eigenvalue weighted by molar-refractivity contribution is 9.10. The molecular weight excluding hydrogens is 298 g/mol. The maximum absolute atomic E-state index is 12.1. The molecule has 0 unspecified atom stereocenters. The molecule has 6 heteroatoms. The van der Waals surface area contributed by atoms with Gasteiger partial charge in [-0.1, -0.05) is 12.2 Å². The third-order valence-corrected chi connectivity index (χ3v) is 6.69. The van der Waals surface area contributed by atoms with Gasteiger partial charge < -0.3 is 0 Å². The monoisotopic (exact) mass is 307 g/mol. The molecule has 0 saturated heterocycles. The van der Waals surface area contributed by atoms with Crippen molar-refractivity contribution in [2.75, 3.05) is 13.1 Å². The fraction of sp³-hybridized carbons (Fsp3) is 0.333. The fourth-order valence-corrected chi connectivity index (χ4v) is 5.28. The smallest absolute Gasteiger partial charge is 0.206 e. The van der Waals surface area contributed by atoms with E-state index in [1.807, 2.05) is 12.2 Å². The molecule has 0 radical (unpaired) electrons. The molecule has 0 spiro atoms. The lowest BCUT2D eigenvalue weighted by Crippen LogP contribution is -2.33. The van der Waals surface area contributed by atoms with Gasteiger partial charge in [0.15, 0.2) is 0 Å². The SMILES string of the molecule is O=S(=O)(c1sccc1Br)N1CC=CCC1. The minimum absolute atomic E-state index is 0.401. The summed E-state index contributed by atoms with van der Waals surface area (Å²) in [5.74, 6) is 0. The summed E-state index contributed by atoms with van der Waals surface area (Å²) in [4.78, 5) is 0. The Kier molecular flexibility index (Phi) is 3.30. The first-order chi connectivity index (χ1) is 7.12. The predicted octanol–water partition coefficient (Wildman–Crippen LogP) is 2.46. The van der Waals surface area contributed by atoms with E-state index in [1.54, 1.807) is 11.4 Å². The normalized spacial score (nSPS) is 18.2. The van der Waals surface area contributed by atoms with Gasteiger partial charge in [0, 0.05) is 17.6 Å². The Bertz CT molecular complexity index is 478. The number of thiophene rings is 1. The molecule has 15 heavy (non-hydrogen) atoms. The Morgan fingerprint density at radius 2 is 2.20 bits per heavy atom. The van der Waals surface area contributed by atoms with Crippen LogP contribution in [0.5, 0.6) is 0 Å². The molecule has 1 aromatic rings. The van der Waals surface area contributed by atoms with Crippen LogP contribution in [0.15, 0.2) is 32.3 Å². The van der Waals surface area contributed by atoms with Crippen molar-refractivity contribution in [3.8, 4) is 0 Å². The molecular formula is C9H10BrNO2S2. The predicted molar refractivity (Wildman–Crippen MR) is 64.5 cm³/mol. The van der Waals surface area contributed by atoms with E-state index in [0.717, 1.165) is 6.42 Å². The van der Waals surface area contributed by atoms with Gasteiger partial charge in [0.1, 0.15) is 4.21 Å². The van der Waals surface area contributed by atoms with Crippen LogP contribution in [0.1, 0.15) is 6.42 Å². The zero-order chi connectivity index (χ0) is 10.9. The average molecular weight is 308 g/mol. The Labute approximate surface area is 102 Å². The Hall–Kier alpha value is -0.170. The highest BCUT2D eigenvalue weighted by Gasteiger charge is 2.27. The van der Waals surface area contributed by atoms with Crippen LogP contribution in [0.2, 0.25) is 0 Å².